The van der Waals surface area contributed by atoms with Gasteiger partial charge in [-0.15, -0.1) is 0 Å². The molecule has 0 spiro atoms. The molecule has 2 aliphatic rings. The van der Waals surface area contributed by atoms with Gasteiger partial charge in [0.05, 0.1) is 18.1 Å². The minimum Gasteiger partial charge on any atom is -0.431 e. The molecule has 0 aromatic rings. The number of aliphatic hydroxyl groups excluding tert-OH is 2. The highest BCUT2D eigenvalue weighted by molar-refractivity contribution is 5.78. The molecule has 1 saturated carbocycles. The molecule has 1 saturated heterocycles. The van der Waals surface area contributed by atoms with E-state index in [0.29, 0.717) is 18.6 Å². The van der Waals surface area contributed by atoms with Crippen molar-refractivity contribution in [1.82, 2.24) is 0 Å². The van der Waals surface area contributed by atoms with Crippen molar-refractivity contribution in [2.24, 2.45) is 11.8 Å². The highest BCUT2D eigenvalue weighted by Gasteiger charge is 2.50. The van der Waals surface area contributed by atoms with Crippen molar-refractivity contribution >= 4 is 5.97 Å². The number of fused-ring (bicyclic) bond motifs is 1. The SMILES string of the molecule is CCC/C=C1\OC(=O)[C@@H]2[C@H](O)[C@@H](O)CC[C@H]12. The van der Waals surface area contributed by atoms with Gasteiger partial charge < -0.3 is 14.9 Å². The molecule has 16 heavy (non-hydrogen) atoms. The Hall–Kier alpha value is -0.870. The molecule has 0 amide bonds. The Bertz CT molecular complexity index is 310. The van der Waals surface area contributed by atoms with Gasteiger partial charge in [0.15, 0.2) is 0 Å². The number of cyclic esters (lactones) is 1. The van der Waals surface area contributed by atoms with Crippen LogP contribution in [0, 0.1) is 11.8 Å². The first kappa shape index (κ1) is 11.6. The average molecular weight is 226 g/mol. The van der Waals surface area contributed by atoms with Gasteiger partial charge in [-0.05, 0) is 25.3 Å². The lowest BCUT2D eigenvalue weighted by Gasteiger charge is -2.30. The van der Waals surface area contributed by atoms with Crippen LogP contribution < -0.4 is 0 Å². The van der Waals surface area contributed by atoms with Gasteiger partial charge in [-0.3, -0.25) is 4.79 Å². The number of carbonyl (C=O) groups excluding carboxylic acids is 1. The van der Waals surface area contributed by atoms with Crippen molar-refractivity contribution in [2.45, 2.75) is 44.8 Å². The highest BCUT2D eigenvalue weighted by Crippen LogP contribution is 2.42. The predicted molar refractivity (Wildman–Crippen MR) is 57.3 cm³/mol. The normalized spacial score (nSPS) is 40.9. The summed E-state index contributed by atoms with van der Waals surface area (Å²) in [6.45, 7) is 2.06. The van der Waals surface area contributed by atoms with Crippen molar-refractivity contribution < 1.29 is 19.7 Å². The standard InChI is InChI=1S/C12H18O4/c1-2-3-4-9-7-5-6-8(13)11(14)10(7)12(15)16-9/h4,7-8,10-11,13-14H,2-3,5-6H2,1H3/b9-4-/t7-,8+,10+,11-/m1/s1. The van der Waals surface area contributed by atoms with Crippen molar-refractivity contribution in [1.29, 1.82) is 0 Å². The lowest BCUT2D eigenvalue weighted by atomic mass is 9.76. The predicted octanol–water partition coefficient (Wildman–Crippen LogP) is 0.975. The minimum atomic E-state index is -0.973. The number of hydrogen-bond donors (Lipinski definition) is 2. The monoisotopic (exact) mass is 226 g/mol. The summed E-state index contributed by atoms with van der Waals surface area (Å²) in [4.78, 5) is 11.6. The molecular weight excluding hydrogens is 208 g/mol. The molecule has 0 unspecified atom stereocenters. The van der Waals surface area contributed by atoms with Gasteiger partial charge in [-0.2, -0.15) is 0 Å². The first-order valence-corrected chi connectivity index (χ1v) is 5.93. The van der Waals surface area contributed by atoms with Gasteiger partial charge in [0.2, 0.25) is 0 Å². The smallest absolute Gasteiger partial charge is 0.317 e. The average Bonchev–Trinajstić information content (AvgIpc) is 2.58. The van der Waals surface area contributed by atoms with Crippen LogP contribution in [0.5, 0.6) is 0 Å². The summed E-state index contributed by atoms with van der Waals surface area (Å²) in [6, 6.07) is 0. The van der Waals surface area contributed by atoms with Crippen molar-refractivity contribution in [3.8, 4) is 0 Å². The third-order valence-corrected chi connectivity index (χ3v) is 3.46. The zero-order valence-electron chi connectivity index (χ0n) is 9.43. The maximum Gasteiger partial charge on any atom is 0.317 e. The maximum atomic E-state index is 11.6. The number of unbranched alkanes of at least 4 members (excludes halogenated alkanes) is 1. The summed E-state index contributed by atoms with van der Waals surface area (Å²) in [6.07, 6.45) is 3.30. The van der Waals surface area contributed by atoms with Gasteiger partial charge in [0.25, 0.3) is 0 Å². The molecule has 2 N–H and O–H groups in total. The van der Waals surface area contributed by atoms with E-state index in [1.807, 2.05) is 6.08 Å². The first-order valence-electron chi connectivity index (χ1n) is 5.93. The Kier molecular flexibility index (Phi) is 3.30. The second-order valence-electron chi connectivity index (χ2n) is 4.58. The van der Waals surface area contributed by atoms with Crippen LogP contribution in [0.2, 0.25) is 0 Å². The largest absolute Gasteiger partial charge is 0.431 e. The number of aliphatic hydroxyl groups is 2. The quantitative estimate of drug-likeness (QED) is 0.689. The van der Waals surface area contributed by atoms with E-state index in [1.165, 1.54) is 0 Å². The number of allylic oxidation sites excluding steroid dienone is 2. The Morgan fingerprint density at radius 1 is 1.44 bits per heavy atom. The van der Waals surface area contributed by atoms with E-state index in [2.05, 4.69) is 6.92 Å². The second kappa shape index (κ2) is 4.55. The molecule has 1 heterocycles. The van der Waals surface area contributed by atoms with Crippen LogP contribution in [0.4, 0.5) is 0 Å². The molecule has 0 bridgehead atoms. The molecule has 1 aliphatic heterocycles. The molecule has 4 heteroatoms. The molecule has 1 aliphatic carbocycles. The van der Waals surface area contributed by atoms with Gasteiger partial charge >= 0.3 is 5.97 Å². The molecule has 90 valence electrons. The van der Waals surface area contributed by atoms with Crippen LogP contribution in [0.25, 0.3) is 0 Å². The molecule has 0 aromatic heterocycles. The van der Waals surface area contributed by atoms with Crippen molar-refractivity contribution in [2.75, 3.05) is 0 Å². The van der Waals surface area contributed by atoms with E-state index in [-0.39, 0.29) is 5.92 Å². The number of hydrogen-bond acceptors (Lipinski definition) is 4. The third kappa shape index (κ3) is 1.87. The molecule has 2 rings (SSSR count). The summed E-state index contributed by atoms with van der Waals surface area (Å²) in [5, 5.41) is 19.3. The molecule has 4 atom stereocenters. The van der Waals surface area contributed by atoms with E-state index in [4.69, 9.17) is 4.74 Å². The van der Waals surface area contributed by atoms with Crippen LogP contribution >= 0.6 is 0 Å². The van der Waals surface area contributed by atoms with Gasteiger partial charge in [-0.25, -0.2) is 0 Å². The first-order chi connectivity index (χ1) is 7.65. The summed E-state index contributed by atoms with van der Waals surface area (Å²) < 4.78 is 5.18. The lowest BCUT2D eigenvalue weighted by Crippen LogP contribution is -2.43. The van der Waals surface area contributed by atoms with Crippen LogP contribution in [0.1, 0.15) is 32.6 Å². The Labute approximate surface area is 94.9 Å². The van der Waals surface area contributed by atoms with Crippen LogP contribution in [0.15, 0.2) is 11.8 Å². The maximum absolute atomic E-state index is 11.6. The van der Waals surface area contributed by atoms with E-state index < -0.39 is 24.1 Å². The zero-order valence-corrected chi connectivity index (χ0v) is 9.43. The van der Waals surface area contributed by atoms with Crippen LogP contribution in [0.3, 0.4) is 0 Å². The Balaban J connectivity index is 2.17. The summed E-state index contributed by atoms with van der Waals surface area (Å²) >= 11 is 0. The molecule has 4 nitrogen and oxygen atoms in total. The highest BCUT2D eigenvalue weighted by atomic mass is 16.5. The minimum absolute atomic E-state index is 0.0301. The number of ether oxygens (including phenoxy) is 1. The zero-order chi connectivity index (χ0) is 11.7. The Morgan fingerprint density at radius 3 is 2.88 bits per heavy atom. The third-order valence-electron chi connectivity index (χ3n) is 3.46. The fourth-order valence-electron chi connectivity index (χ4n) is 2.54. The topological polar surface area (TPSA) is 66.8 Å². The molecule has 2 fully saturated rings. The lowest BCUT2D eigenvalue weighted by molar-refractivity contribution is -0.147. The van der Waals surface area contributed by atoms with Crippen molar-refractivity contribution in [3.63, 3.8) is 0 Å². The number of esters is 1. The molecule has 0 aromatic carbocycles. The number of carbonyl (C=O) groups is 1. The number of rotatable bonds is 2. The van der Waals surface area contributed by atoms with Gasteiger partial charge in [-0.1, -0.05) is 13.3 Å². The fraction of sp³-hybridized carbons (Fsp3) is 0.750. The summed E-state index contributed by atoms with van der Waals surface area (Å²) in [5.74, 6) is -0.286. The second-order valence-corrected chi connectivity index (χ2v) is 4.58. The van der Waals surface area contributed by atoms with Crippen LogP contribution in [-0.4, -0.2) is 28.4 Å². The van der Waals surface area contributed by atoms with Gasteiger partial charge in [0, 0.05) is 5.92 Å². The van der Waals surface area contributed by atoms with E-state index >= 15 is 0 Å². The Morgan fingerprint density at radius 2 is 2.19 bits per heavy atom. The fourth-order valence-corrected chi connectivity index (χ4v) is 2.54. The van der Waals surface area contributed by atoms with E-state index in [1.54, 1.807) is 0 Å². The summed E-state index contributed by atoms with van der Waals surface area (Å²) in [7, 11) is 0. The summed E-state index contributed by atoms with van der Waals surface area (Å²) in [5.41, 5.74) is 0. The van der Waals surface area contributed by atoms with Gasteiger partial charge in [0.1, 0.15) is 5.76 Å². The van der Waals surface area contributed by atoms with E-state index in [0.717, 1.165) is 12.8 Å². The van der Waals surface area contributed by atoms with Crippen molar-refractivity contribution in [3.05, 3.63) is 11.8 Å². The molecular formula is C12H18O4. The van der Waals surface area contributed by atoms with E-state index in [9.17, 15) is 15.0 Å². The molecule has 0 radical (unpaired) electrons. The van der Waals surface area contributed by atoms with Crippen LogP contribution in [-0.2, 0) is 9.53 Å².